The summed E-state index contributed by atoms with van der Waals surface area (Å²) in [5.74, 6) is 0.215. The fourth-order valence-electron chi connectivity index (χ4n) is 6.42. The zero-order chi connectivity index (χ0) is 23.7. The van der Waals surface area contributed by atoms with Crippen molar-refractivity contribution in [1.82, 2.24) is 15.1 Å². The summed E-state index contributed by atoms with van der Waals surface area (Å²) >= 11 is 0. The summed E-state index contributed by atoms with van der Waals surface area (Å²) in [5.41, 5.74) is 0.948. The first-order chi connectivity index (χ1) is 16.5. The zero-order valence-electron chi connectivity index (χ0n) is 20.3. The third kappa shape index (κ3) is 4.40. The van der Waals surface area contributed by atoms with E-state index in [-0.39, 0.29) is 30.3 Å². The van der Waals surface area contributed by atoms with E-state index in [9.17, 15) is 14.4 Å². The highest BCUT2D eigenvalue weighted by molar-refractivity contribution is 6.01. The molecule has 0 unspecified atom stereocenters. The summed E-state index contributed by atoms with van der Waals surface area (Å²) in [6.07, 6.45) is 6.89. The van der Waals surface area contributed by atoms with Crippen molar-refractivity contribution in [3.05, 3.63) is 35.4 Å². The molecule has 3 saturated heterocycles. The summed E-state index contributed by atoms with van der Waals surface area (Å²) in [7, 11) is 0. The van der Waals surface area contributed by atoms with Gasteiger partial charge in [0.05, 0.1) is 6.10 Å². The van der Waals surface area contributed by atoms with Gasteiger partial charge in [0.25, 0.3) is 5.91 Å². The molecule has 0 bridgehead atoms. The lowest BCUT2D eigenvalue weighted by Crippen LogP contribution is -2.62. The number of nitrogens with zero attached hydrogens (tertiary/aromatic N) is 2. The highest BCUT2D eigenvalue weighted by Crippen LogP contribution is 2.35. The number of ether oxygens (including phenoxy) is 1. The topological polar surface area (TPSA) is 79.0 Å². The first-order valence-electron chi connectivity index (χ1n) is 13.1. The second kappa shape index (κ2) is 9.78. The van der Waals surface area contributed by atoms with Crippen LogP contribution in [0.25, 0.3) is 0 Å². The number of carbonyl (C=O) groups is 3. The molecule has 1 aromatic carbocycles. The number of fused-ring (bicyclic) bond motifs is 1. The van der Waals surface area contributed by atoms with E-state index in [4.69, 9.17) is 4.74 Å². The van der Waals surface area contributed by atoms with Gasteiger partial charge >= 0.3 is 0 Å². The van der Waals surface area contributed by atoms with E-state index in [0.29, 0.717) is 37.3 Å². The highest BCUT2D eigenvalue weighted by atomic mass is 16.5. The van der Waals surface area contributed by atoms with Gasteiger partial charge in [-0.25, -0.2) is 0 Å². The van der Waals surface area contributed by atoms with Gasteiger partial charge in [0.1, 0.15) is 18.2 Å². The Bertz CT molecular complexity index is 916. The number of Topliss-reactive ketones (excluding diaryl/α,β-unsaturated/α-hetero) is 1. The zero-order valence-corrected chi connectivity index (χ0v) is 20.3. The summed E-state index contributed by atoms with van der Waals surface area (Å²) in [6, 6.07) is 7.48. The monoisotopic (exact) mass is 467 g/mol. The molecule has 7 nitrogen and oxygen atoms in total. The van der Waals surface area contributed by atoms with Gasteiger partial charge in [0.15, 0.2) is 5.78 Å². The molecule has 4 fully saturated rings. The fourth-order valence-corrected chi connectivity index (χ4v) is 6.42. The Balaban J connectivity index is 1.29. The SMILES string of the molecule is CCN1CCC(c2ccc(C(=O)NC3(C(=O)N4CC[C@H]5OCC(=O)[C@H]54)CCCCC3)cc2)CC1. The minimum Gasteiger partial charge on any atom is -0.368 e. The molecule has 2 atom stereocenters. The lowest BCUT2D eigenvalue weighted by atomic mass is 9.80. The number of ketones is 1. The minimum atomic E-state index is -0.932. The van der Waals surface area contributed by atoms with Crippen molar-refractivity contribution in [2.24, 2.45) is 0 Å². The van der Waals surface area contributed by atoms with Crippen LogP contribution in [-0.2, 0) is 14.3 Å². The molecule has 1 N–H and O–H groups in total. The Morgan fingerprint density at radius 2 is 1.74 bits per heavy atom. The molecule has 1 saturated carbocycles. The molecule has 1 aromatic rings. The average molecular weight is 468 g/mol. The first-order valence-corrected chi connectivity index (χ1v) is 13.1. The number of likely N-dealkylation sites (tertiary alicyclic amines) is 2. The van der Waals surface area contributed by atoms with Crippen molar-refractivity contribution in [1.29, 1.82) is 0 Å². The number of hydrogen-bond acceptors (Lipinski definition) is 5. The summed E-state index contributed by atoms with van der Waals surface area (Å²) in [4.78, 5) is 43.7. The molecule has 7 heteroatoms. The largest absolute Gasteiger partial charge is 0.368 e. The van der Waals surface area contributed by atoms with Crippen LogP contribution in [0, 0.1) is 0 Å². The van der Waals surface area contributed by atoms with Crippen molar-refractivity contribution in [2.75, 3.05) is 32.8 Å². The fraction of sp³-hybridized carbons (Fsp3) is 0.667. The van der Waals surface area contributed by atoms with E-state index in [0.717, 1.165) is 51.7 Å². The molecule has 1 aliphatic carbocycles. The van der Waals surface area contributed by atoms with Crippen LogP contribution >= 0.6 is 0 Å². The van der Waals surface area contributed by atoms with Crippen LogP contribution < -0.4 is 5.32 Å². The Labute approximate surface area is 202 Å². The van der Waals surface area contributed by atoms with Gasteiger partial charge in [-0.05, 0) is 75.4 Å². The second-order valence-electron chi connectivity index (χ2n) is 10.5. The van der Waals surface area contributed by atoms with E-state index in [1.54, 1.807) is 4.90 Å². The molecule has 3 aliphatic heterocycles. The lowest BCUT2D eigenvalue weighted by molar-refractivity contribution is -0.143. The van der Waals surface area contributed by atoms with Gasteiger partial charge in [-0.3, -0.25) is 14.4 Å². The normalized spacial score (nSPS) is 27.6. The summed E-state index contributed by atoms with van der Waals surface area (Å²) < 4.78 is 5.58. The third-order valence-electron chi connectivity index (χ3n) is 8.52. The number of piperidine rings is 1. The van der Waals surface area contributed by atoms with Crippen LogP contribution in [0.3, 0.4) is 0 Å². The molecule has 0 spiro atoms. The molecule has 34 heavy (non-hydrogen) atoms. The minimum absolute atomic E-state index is 0.0199. The second-order valence-corrected chi connectivity index (χ2v) is 10.5. The predicted octanol–water partition coefficient (Wildman–Crippen LogP) is 2.89. The van der Waals surface area contributed by atoms with Crippen molar-refractivity contribution < 1.29 is 19.1 Å². The predicted molar refractivity (Wildman–Crippen MR) is 129 cm³/mol. The molecule has 2 amide bonds. The molecule has 0 aromatic heterocycles. The summed E-state index contributed by atoms with van der Waals surface area (Å²) in [5, 5.41) is 3.14. The van der Waals surface area contributed by atoms with E-state index >= 15 is 0 Å². The standard InChI is InChI=1S/C27H37N3O4/c1-2-29-15-10-20(11-16-29)19-6-8-21(9-7-19)25(32)28-27(13-4-3-5-14-27)26(33)30-17-12-23-24(30)22(31)18-34-23/h6-9,20,23-24H,2-5,10-18H2,1H3,(H,28,32)/t23-,24-/m1/s1. The van der Waals surface area contributed by atoms with Gasteiger partial charge in [-0.2, -0.15) is 0 Å². The van der Waals surface area contributed by atoms with Gasteiger partial charge in [-0.1, -0.05) is 38.3 Å². The number of rotatable bonds is 5. The Kier molecular flexibility index (Phi) is 6.76. The smallest absolute Gasteiger partial charge is 0.252 e. The first kappa shape index (κ1) is 23.5. The van der Waals surface area contributed by atoms with Gasteiger partial charge < -0.3 is 19.9 Å². The Morgan fingerprint density at radius 3 is 2.41 bits per heavy atom. The average Bonchev–Trinajstić information content (AvgIpc) is 3.47. The van der Waals surface area contributed by atoms with Crippen LogP contribution in [0.15, 0.2) is 24.3 Å². The summed E-state index contributed by atoms with van der Waals surface area (Å²) in [6.45, 7) is 6.16. The molecule has 184 valence electrons. The molecular formula is C27H37N3O4. The van der Waals surface area contributed by atoms with Gasteiger partial charge in [0.2, 0.25) is 5.91 Å². The number of amides is 2. The van der Waals surface area contributed by atoms with Crippen LogP contribution in [0.5, 0.6) is 0 Å². The van der Waals surface area contributed by atoms with E-state index < -0.39 is 11.6 Å². The number of hydrogen-bond donors (Lipinski definition) is 1. The van der Waals surface area contributed by atoms with Crippen LogP contribution in [-0.4, -0.2) is 77.9 Å². The number of benzene rings is 1. The Hall–Kier alpha value is -2.25. The van der Waals surface area contributed by atoms with Crippen LogP contribution in [0.4, 0.5) is 0 Å². The molecule has 4 aliphatic rings. The molecule has 5 rings (SSSR count). The quantitative estimate of drug-likeness (QED) is 0.721. The van der Waals surface area contributed by atoms with E-state index in [1.807, 2.05) is 12.1 Å². The van der Waals surface area contributed by atoms with E-state index in [1.165, 1.54) is 5.56 Å². The molecule has 3 heterocycles. The Morgan fingerprint density at radius 1 is 1.03 bits per heavy atom. The van der Waals surface area contributed by atoms with Crippen molar-refractivity contribution in [3.63, 3.8) is 0 Å². The highest BCUT2D eigenvalue weighted by Gasteiger charge is 2.52. The maximum atomic E-state index is 13.8. The maximum absolute atomic E-state index is 13.8. The molecular weight excluding hydrogens is 430 g/mol. The van der Waals surface area contributed by atoms with Crippen molar-refractivity contribution >= 4 is 17.6 Å². The van der Waals surface area contributed by atoms with Gasteiger partial charge in [0, 0.05) is 12.1 Å². The van der Waals surface area contributed by atoms with Crippen molar-refractivity contribution in [3.8, 4) is 0 Å². The van der Waals surface area contributed by atoms with Crippen molar-refractivity contribution in [2.45, 2.75) is 81.9 Å². The third-order valence-corrected chi connectivity index (χ3v) is 8.52. The molecule has 0 radical (unpaired) electrons. The van der Waals surface area contributed by atoms with Crippen LogP contribution in [0.2, 0.25) is 0 Å². The van der Waals surface area contributed by atoms with Crippen LogP contribution in [0.1, 0.15) is 80.1 Å². The lowest BCUT2D eigenvalue weighted by Gasteiger charge is -2.40. The number of carbonyl (C=O) groups excluding carboxylic acids is 3. The van der Waals surface area contributed by atoms with Gasteiger partial charge in [-0.15, -0.1) is 0 Å². The number of nitrogens with one attached hydrogen (secondary N) is 1. The maximum Gasteiger partial charge on any atom is 0.252 e. The van der Waals surface area contributed by atoms with E-state index in [2.05, 4.69) is 29.3 Å².